The number of hydrogen-bond donors (Lipinski definition) is 0. The van der Waals surface area contributed by atoms with Crippen molar-refractivity contribution < 1.29 is 49.0 Å². The summed E-state index contributed by atoms with van der Waals surface area (Å²) >= 11 is 1.46. The molecule has 0 fully saturated rings. The van der Waals surface area contributed by atoms with Crippen molar-refractivity contribution in [2.75, 3.05) is 0 Å². The molecule has 1 aliphatic carbocycles. The molecule has 0 bridgehead atoms. The van der Waals surface area contributed by atoms with Gasteiger partial charge in [-0.2, -0.15) is 6.08 Å². The number of fused-ring (bicyclic) bond motifs is 3. The molecule has 0 heterocycles. The maximum atomic E-state index is 2.99. The molecule has 0 atom stereocenters. The minimum atomic E-state index is 0. The van der Waals surface area contributed by atoms with Gasteiger partial charge < -0.3 is 24.8 Å². The Bertz CT molecular complexity index is 1340. The third kappa shape index (κ3) is 8.04. The topological polar surface area (TPSA) is 0 Å². The fourth-order valence-electron chi connectivity index (χ4n) is 3.98. The van der Waals surface area contributed by atoms with Gasteiger partial charge in [-0.1, -0.05) is 35.4 Å². The number of benzene rings is 4. The first-order valence-electron chi connectivity index (χ1n) is 11.6. The minimum absolute atomic E-state index is 0. The fraction of sp³-hybridized carbons (Fsp3) is 0.0909. The van der Waals surface area contributed by atoms with Gasteiger partial charge in [0.05, 0.1) is 0 Å². The van der Waals surface area contributed by atoms with Crippen molar-refractivity contribution in [3.05, 3.63) is 150 Å². The molecule has 36 heavy (non-hydrogen) atoms. The zero-order valence-corrected chi connectivity index (χ0v) is 24.5. The van der Waals surface area contributed by atoms with Crippen molar-refractivity contribution in [3.8, 4) is 0 Å². The summed E-state index contributed by atoms with van der Waals surface area (Å²) in [6.07, 6.45) is 10.0. The Morgan fingerprint density at radius 1 is 0.694 bits per heavy atom. The molecule has 0 N–H and O–H groups in total. The predicted octanol–water partition coefficient (Wildman–Crippen LogP) is 2.44. The zero-order valence-electron chi connectivity index (χ0n) is 20.5. The molecule has 6 rings (SSSR count). The number of rotatable bonds is 2. The van der Waals surface area contributed by atoms with Crippen LogP contribution in [-0.2, 0) is 24.2 Å². The fourth-order valence-corrected chi connectivity index (χ4v) is 4.80. The van der Waals surface area contributed by atoms with Crippen molar-refractivity contribution in [2.45, 2.75) is 20.3 Å². The second-order valence-electron chi connectivity index (χ2n) is 8.44. The van der Waals surface area contributed by atoms with Crippen LogP contribution in [0.5, 0.6) is 0 Å². The van der Waals surface area contributed by atoms with Crippen molar-refractivity contribution in [2.24, 2.45) is 0 Å². The molecule has 0 nitrogen and oxygen atoms in total. The van der Waals surface area contributed by atoms with Gasteiger partial charge >= 0.3 is 99.2 Å². The average Bonchev–Trinajstić information content (AvgIpc) is 3.56. The van der Waals surface area contributed by atoms with Gasteiger partial charge in [-0.3, -0.25) is 6.08 Å². The standard InChI is InChI=1S/C15H13.C13H10.C5H5.2ClH.Zr/c1-10-3-5-14-12(7-10)9-13-8-11(2)4-6-15(13)14;1-3-7-12(8-4-1)11-13-9-5-2-6-10-13;1-2-4-5-3-1;;;/h3-9H,1-2H3;1-10H;1-3H,4H2;2*1H;/q-1;;-1;;;+2/p-2. The molecule has 1 aliphatic rings. The SMILES string of the molecule is Cc1ccc2c(c1)[cH-]c1cc(C)ccc12.[C-]1=CC=CC1.[Cl-].[Cl-].[Zr+2]=[C](c1ccccc1)c1ccccc1. The first-order chi connectivity index (χ1) is 16.6. The molecular weight excluding hydrogens is 558 g/mol. The number of allylic oxidation sites excluding steroid dienone is 4. The van der Waals surface area contributed by atoms with Crippen molar-refractivity contribution >= 4 is 24.8 Å². The van der Waals surface area contributed by atoms with Crippen LogP contribution in [0.25, 0.3) is 21.5 Å². The third-order valence-corrected chi connectivity index (χ3v) is 7.15. The van der Waals surface area contributed by atoms with Gasteiger partial charge in [0.1, 0.15) is 0 Å². The van der Waals surface area contributed by atoms with Crippen LogP contribution in [0.3, 0.4) is 0 Å². The van der Waals surface area contributed by atoms with E-state index in [4.69, 9.17) is 0 Å². The average molecular weight is 587 g/mol. The molecule has 0 unspecified atom stereocenters. The summed E-state index contributed by atoms with van der Waals surface area (Å²) in [4.78, 5) is 0. The van der Waals surface area contributed by atoms with Crippen LogP contribution in [0.2, 0.25) is 0 Å². The van der Waals surface area contributed by atoms with Gasteiger partial charge in [-0.15, -0.1) is 46.2 Å². The van der Waals surface area contributed by atoms with Crippen LogP contribution < -0.4 is 24.8 Å². The van der Waals surface area contributed by atoms with E-state index >= 15 is 0 Å². The molecule has 0 radical (unpaired) electrons. The van der Waals surface area contributed by atoms with E-state index in [0.29, 0.717) is 0 Å². The second-order valence-corrected chi connectivity index (χ2v) is 9.66. The van der Waals surface area contributed by atoms with E-state index < -0.39 is 0 Å². The van der Waals surface area contributed by atoms with E-state index in [1.54, 1.807) is 0 Å². The second kappa shape index (κ2) is 15.0. The monoisotopic (exact) mass is 584 g/mol. The molecule has 0 saturated carbocycles. The van der Waals surface area contributed by atoms with Gasteiger partial charge in [0, 0.05) is 0 Å². The van der Waals surface area contributed by atoms with E-state index in [-0.39, 0.29) is 24.8 Å². The van der Waals surface area contributed by atoms with Crippen LogP contribution >= 0.6 is 0 Å². The van der Waals surface area contributed by atoms with Gasteiger partial charge in [0.25, 0.3) is 0 Å². The zero-order chi connectivity index (χ0) is 23.8. The van der Waals surface area contributed by atoms with E-state index in [0.717, 1.165) is 6.42 Å². The molecule has 5 aromatic rings. The van der Waals surface area contributed by atoms with E-state index in [2.05, 4.69) is 129 Å². The summed E-state index contributed by atoms with van der Waals surface area (Å²) in [5.74, 6) is 0. The van der Waals surface area contributed by atoms with Crippen LogP contribution in [0.4, 0.5) is 0 Å². The van der Waals surface area contributed by atoms with Gasteiger partial charge in [-0.25, -0.2) is 12.2 Å². The molecule has 5 aromatic carbocycles. The molecule has 3 heteroatoms. The Kier molecular flexibility index (Phi) is 12.4. The van der Waals surface area contributed by atoms with Crippen LogP contribution in [0.1, 0.15) is 28.7 Å². The number of aryl methyl sites for hydroxylation is 2. The molecule has 0 saturated heterocycles. The summed E-state index contributed by atoms with van der Waals surface area (Å²) in [5, 5.41) is 5.46. The first kappa shape index (κ1) is 29.8. The molecule has 180 valence electrons. The van der Waals surface area contributed by atoms with Crippen molar-refractivity contribution in [1.29, 1.82) is 0 Å². The summed E-state index contributed by atoms with van der Waals surface area (Å²) in [7, 11) is 0. The number of halogens is 2. The first-order valence-corrected chi connectivity index (χ1v) is 12.8. The third-order valence-electron chi connectivity index (χ3n) is 5.73. The van der Waals surface area contributed by atoms with Crippen molar-refractivity contribution in [1.82, 2.24) is 0 Å². The molecule has 0 spiro atoms. The summed E-state index contributed by atoms with van der Waals surface area (Å²) in [6.45, 7) is 4.28. The normalized spacial score (nSPS) is 11.0. The summed E-state index contributed by atoms with van der Waals surface area (Å²) < 4.78 is 1.42. The van der Waals surface area contributed by atoms with Gasteiger partial charge in [0.15, 0.2) is 0 Å². The van der Waals surface area contributed by atoms with Crippen LogP contribution in [0.15, 0.2) is 121 Å². The Morgan fingerprint density at radius 2 is 1.17 bits per heavy atom. The van der Waals surface area contributed by atoms with Crippen molar-refractivity contribution in [3.63, 3.8) is 0 Å². The van der Waals surface area contributed by atoms with Gasteiger partial charge in [0.2, 0.25) is 0 Å². The number of hydrogen-bond acceptors (Lipinski definition) is 0. The van der Waals surface area contributed by atoms with E-state index in [9.17, 15) is 0 Å². The molecule has 0 amide bonds. The Balaban J connectivity index is 0.000000204. The van der Waals surface area contributed by atoms with Crippen LogP contribution in [-0.4, -0.2) is 3.21 Å². The Hall–Kier alpha value is -2.44. The predicted molar refractivity (Wildman–Crippen MR) is 144 cm³/mol. The quantitative estimate of drug-likeness (QED) is 0.279. The molecule has 0 aromatic heterocycles. The summed E-state index contributed by atoms with van der Waals surface area (Å²) in [6, 6.07) is 36.7. The van der Waals surface area contributed by atoms with E-state index in [1.807, 2.05) is 12.2 Å². The summed E-state index contributed by atoms with van der Waals surface area (Å²) in [5.41, 5.74) is 5.32. The Morgan fingerprint density at radius 3 is 1.53 bits per heavy atom. The molecule has 0 aliphatic heterocycles. The molecular formula is C33H28Cl2Zr-2. The van der Waals surface area contributed by atoms with Crippen LogP contribution in [0, 0.1) is 19.9 Å². The van der Waals surface area contributed by atoms with Gasteiger partial charge in [-0.05, 0) is 13.8 Å². The van der Waals surface area contributed by atoms with E-state index in [1.165, 1.54) is 71.2 Å². The Labute approximate surface area is 242 Å². The maximum absolute atomic E-state index is 2.99.